The minimum absolute atomic E-state index is 0.0926. The third-order valence-corrected chi connectivity index (χ3v) is 2.82. The third kappa shape index (κ3) is 5.13. The number of carbonyl (C=O) groups excluding carboxylic acids is 1. The summed E-state index contributed by atoms with van der Waals surface area (Å²) in [5.74, 6) is 0.223. The van der Waals surface area contributed by atoms with E-state index in [1.54, 1.807) is 12.3 Å². The number of hydrogen-bond donors (Lipinski definition) is 3. The van der Waals surface area contributed by atoms with Gasteiger partial charge >= 0.3 is 6.03 Å². The molecule has 0 radical (unpaired) electrons. The molecule has 6 heteroatoms. The van der Waals surface area contributed by atoms with Crippen LogP contribution in [0, 0.1) is 5.92 Å². The molecule has 0 aromatic carbocycles. The Balaban J connectivity index is 2.50. The summed E-state index contributed by atoms with van der Waals surface area (Å²) in [6, 6.07) is 2.68. The highest BCUT2D eigenvalue weighted by molar-refractivity contribution is 5.88. The Morgan fingerprint density at radius 2 is 2.21 bits per heavy atom. The first-order valence-corrected chi connectivity index (χ1v) is 6.43. The Morgan fingerprint density at radius 3 is 2.84 bits per heavy atom. The van der Waals surface area contributed by atoms with Crippen LogP contribution in [0.5, 0.6) is 0 Å². The summed E-state index contributed by atoms with van der Waals surface area (Å²) in [7, 11) is 0. The Bertz CT molecular complexity index is 470. The molecule has 3 N–H and O–H groups in total. The fraction of sp³-hybridized carbons (Fsp3) is 0.538. The van der Waals surface area contributed by atoms with Gasteiger partial charge in [0.1, 0.15) is 0 Å². The standard InChI is InChI=1S/C13H21N3O3/c1-3-16-9-11(4-5-12(16)18)15-13(19)14-8-10(2)6-7-17/h4-5,9-10,17H,3,6-8H2,1-2H3,(H2,14,15,19). The smallest absolute Gasteiger partial charge is 0.319 e. The van der Waals surface area contributed by atoms with Crippen molar-refractivity contribution in [3.8, 4) is 0 Å². The van der Waals surface area contributed by atoms with E-state index in [0.717, 1.165) is 0 Å². The van der Waals surface area contributed by atoms with Gasteiger partial charge < -0.3 is 20.3 Å². The number of rotatable bonds is 6. The van der Waals surface area contributed by atoms with E-state index in [9.17, 15) is 9.59 Å². The average Bonchev–Trinajstić information content (AvgIpc) is 2.39. The van der Waals surface area contributed by atoms with Gasteiger partial charge in [-0.25, -0.2) is 4.79 Å². The summed E-state index contributed by atoms with van der Waals surface area (Å²) >= 11 is 0. The van der Waals surface area contributed by atoms with Crippen LogP contribution in [0.1, 0.15) is 20.3 Å². The molecule has 1 aromatic rings. The van der Waals surface area contributed by atoms with E-state index in [2.05, 4.69) is 10.6 Å². The van der Waals surface area contributed by atoms with E-state index in [4.69, 9.17) is 5.11 Å². The number of aliphatic hydroxyl groups excluding tert-OH is 1. The molecule has 0 saturated carbocycles. The molecular weight excluding hydrogens is 246 g/mol. The maximum Gasteiger partial charge on any atom is 0.319 e. The maximum atomic E-state index is 11.6. The molecule has 1 atom stereocenters. The van der Waals surface area contributed by atoms with Gasteiger partial charge in [0.05, 0.1) is 5.69 Å². The van der Waals surface area contributed by atoms with Crippen LogP contribution in [-0.2, 0) is 6.54 Å². The maximum absolute atomic E-state index is 11.6. The highest BCUT2D eigenvalue weighted by atomic mass is 16.3. The number of aromatic nitrogens is 1. The highest BCUT2D eigenvalue weighted by Crippen LogP contribution is 2.03. The second-order valence-electron chi connectivity index (χ2n) is 4.49. The van der Waals surface area contributed by atoms with E-state index >= 15 is 0 Å². The van der Waals surface area contributed by atoms with Crippen LogP contribution in [-0.4, -0.2) is 28.9 Å². The van der Waals surface area contributed by atoms with E-state index in [0.29, 0.717) is 25.2 Å². The molecule has 1 aromatic heterocycles. The van der Waals surface area contributed by atoms with Crippen molar-refractivity contribution in [1.82, 2.24) is 9.88 Å². The Morgan fingerprint density at radius 1 is 1.47 bits per heavy atom. The summed E-state index contributed by atoms with van der Waals surface area (Å²) < 4.78 is 1.52. The molecule has 0 bridgehead atoms. The zero-order valence-electron chi connectivity index (χ0n) is 11.3. The van der Waals surface area contributed by atoms with Crippen molar-refractivity contribution < 1.29 is 9.90 Å². The van der Waals surface area contributed by atoms with Crippen LogP contribution < -0.4 is 16.2 Å². The lowest BCUT2D eigenvalue weighted by molar-refractivity contribution is 0.243. The zero-order chi connectivity index (χ0) is 14.3. The molecule has 0 spiro atoms. The van der Waals surface area contributed by atoms with Crippen molar-refractivity contribution in [3.63, 3.8) is 0 Å². The van der Waals surface area contributed by atoms with Crippen molar-refractivity contribution in [1.29, 1.82) is 0 Å². The number of urea groups is 1. The lowest BCUT2D eigenvalue weighted by Crippen LogP contribution is -2.33. The van der Waals surface area contributed by atoms with Crippen LogP contribution in [0.2, 0.25) is 0 Å². The Labute approximate surface area is 112 Å². The highest BCUT2D eigenvalue weighted by Gasteiger charge is 2.06. The molecule has 1 heterocycles. The number of nitrogens with zero attached hydrogens (tertiary/aromatic N) is 1. The normalized spacial score (nSPS) is 11.9. The number of aliphatic hydroxyl groups is 1. The lowest BCUT2D eigenvalue weighted by atomic mass is 10.1. The SMILES string of the molecule is CCn1cc(NC(=O)NCC(C)CCO)ccc1=O. The first-order valence-electron chi connectivity index (χ1n) is 6.43. The zero-order valence-corrected chi connectivity index (χ0v) is 11.3. The molecule has 0 aliphatic heterocycles. The first-order chi connectivity index (χ1) is 9.06. The number of carbonyl (C=O) groups is 1. The molecule has 0 aliphatic carbocycles. The predicted octanol–water partition coefficient (Wildman–Crippen LogP) is 1.01. The average molecular weight is 267 g/mol. The van der Waals surface area contributed by atoms with Crippen molar-refractivity contribution >= 4 is 11.7 Å². The third-order valence-electron chi connectivity index (χ3n) is 2.82. The minimum Gasteiger partial charge on any atom is -0.396 e. The van der Waals surface area contributed by atoms with Crippen molar-refractivity contribution in [2.75, 3.05) is 18.5 Å². The van der Waals surface area contributed by atoms with E-state index in [1.165, 1.54) is 10.6 Å². The fourth-order valence-corrected chi connectivity index (χ4v) is 1.62. The molecule has 2 amide bonds. The molecule has 0 saturated heterocycles. The van der Waals surface area contributed by atoms with Gasteiger partial charge in [-0.3, -0.25) is 4.79 Å². The molecule has 1 unspecified atom stereocenters. The van der Waals surface area contributed by atoms with Crippen molar-refractivity contribution in [2.24, 2.45) is 5.92 Å². The molecule has 0 aliphatic rings. The van der Waals surface area contributed by atoms with Crippen LogP contribution in [0.4, 0.5) is 10.5 Å². The van der Waals surface area contributed by atoms with Crippen LogP contribution in [0.25, 0.3) is 0 Å². The summed E-state index contributed by atoms with van der Waals surface area (Å²) in [6.45, 7) is 4.99. The van der Waals surface area contributed by atoms with Gasteiger partial charge in [-0.15, -0.1) is 0 Å². The molecule has 106 valence electrons. The number of anilines is 1. The molecule has 6 nitrogen and oxygen atoms in total. The van der Waals surface area contributed by atoms with Gasteiger partial charge in [-0.2, -0.15) is 0 Å². The molecular formula is C13H21N3O3. The molecule has 1 rings (SSSR count). The van der Waals surface area contributed by atoms with Gasteiger partial charge in [0.15, 0.2) is 0 Å². The number of nitrogens with one attached hydrogen (secondary N) is 2. The largest absolute Gasteiger partial charge is 0.396 e. The second kappa shape index (κ2) is 7.58. The van der Waals surface area contributed by atoms with Crippen LogP contribution >= 0.6 is 0 Å². The Kier molecular flexibility index (Phi) is 6.08. The van der Waals surface area contributed by atoms with E-state index in [1.807, 2.05) is 13.8 Å². The lowest BCUT2D eigenvalue weighted by Gasteiger charge is -2.12. The summed E-state index contributed by atoms with van der Waals surface area (Å²) in [4.78, 5) is 23.0. The topological polar surface area (TPSA) is 83.4 Å². The van der Waals surface area contributed by atoms with Crippen molar-refractivity contribution in [2.45, 2.75) is 26.8 Å². The van der Waals surface area contributed by atoms with E-state index in [-0.39, 0.29) is 24.1 Å². The van der Waals surface area contributed by atoms with Crippen LogP contribution in [0.3, 0.4) is 0 Å². The van der Waals surface area contributed by atoms with Gasteiger partial charge in [0.2, 0.25) is 0 Å². The van der Waals surface area contributed by atoms with Gasteiger partial charge in [0.25, 0.3) is 5.56 Å². The van der Waals surface area contributed by atoms with Gasteiger partial charge in [-0.1, -0.05) is 6.92 Å². The predicted molar refractivity (Wildman–Crippen MR) is 74.3 cm³/mol. The van der Waals surface area contributed by atoms with Crippen LogP contribution in [0.15, 0.2) is 23.1 Å². The first kappa shape index (κ1) is 15.2. The summed E-state index contributed by atoms with van der Waals surface area (Å²) in [5, 5.41) is 14.1. The number of aryl methyl sites for hydroxylation is 1. The summed E-state index contributed by atoms with van der Waals surface area (Å²) in [5.41, 5.74) is 0.485. The summed E-state index contributed by atoms with van der Waals surface area (Å²) in [6.07, 6.45) is 2.26. The van der Waals surface area contributed by atoms with Gasteiger partial charge in [0, 0.05) is 32.0 Å². The number of amides is 2. The fourth-order valence-electron chi connectivity index (χ4n) is 1.62. The van der Waals surface area contributed by atoms with Crippen molar-refractivity contribution in [3.05, 3.63) is 28.7 Å². The number of hydrogen-bond acceptors (Lipinski definition) is 3. The molecule has 0 fully saturated rings. The van der Waals surface area contributed by atoms with Gasteiger partial charge in [-0.05, 0) is 25.3 Å². The number of pyridine rings is 1. The Hall–Kier alpha value is -1.82. The molecule has 19 heavy (non-hydrogen) atoms. The monoisotopic (exact) mass is 267 g/mol. The van der Waals surface area contributed by atoms with E-state index < -0.39 is 0 Å². The second-order valence-corrected chi connectivity index (χ2v) is 4.49. The quantitative estimate of drug-likeness (QED) is 0.719. The minimum atomic E-state index is -0.314.